The average Bonchev–Trinajstić information content (AvgIpc) is 3.29. The summed E-state index contributed by atoms with van der Waals surface area (Å²) in [5, 5.41) is 12.4. The van der Waals surface area contributed by atoms with Crippen LogP contribution in [-0.4, -0.2) is 29.5 Å². The van der Waals surface area contributed by atoms with Crippen molar-refractivity contribution in [2.45, 2.75) is 0 Å². The number of benzene rings is 1. The molecule has 4 heterocycles. The van der Waals surface area contributed by atoms with E-state index >= 15 is 0 Å². The minimum absolute atomic E-state index is 0.0129. The monoisotopic (exact) mass is 353 g/mol. The Bertz CT molecular complexity index is 1450. The van der Waals surface area contributed by atoms with Crippen molar-refractivity contribution in [3.05, 3.63) is 58.2 Å². The zero-order valence-corrected chi connectivity index (χ0v) is 13.3. The molecule has 0 atom stereocenters. The number of hydrogen-bond donors (Lipinski definition) is 1. The molecular weight excluding hydrogens is 340 g/mol. The molecule has 0 saturated carbocycles. The lowest BCUT2D eigenvalue weighted by molar-refractivity contribution is 0.777. The second-order valence-corrected chi connectivity index (χ2v) is 6.04. The number of nitrogens with one attached hydrogen (secondary N) is 1. The normalized spacial score (nSPS) is 14.0. The van der Waals surface area contributed by atoms with E-state index in [4.69, 9.17) is 15.7 Å². The highest BCUT2D eigenvalue weighted by molar-refractivity contribution is 6.31. The average molecular weight is 354 g/mol. The van der Waals surface area contributed by atoms with Crippen LogP contribution in [0.1, 0.15) is 4.11 Å². The number of pyridine rings is 2. The van der Waals surface area contributed by atoms with Crippen molar-refractivity contribution < 1.29 is 4.11 Å². The van der Waals surface area contributed by atoms with Crippen LogP contribution in [0.3, 0.4) is 0 Å². The quantitative estimate of drug-likeness (QED) is 0.502. The molecule has 0 amide bonds. The first-order valence-corrected chi connectivity index (χ1v) is 7.75. The number of aromatic amines is 1. The van der Waals surface area contributed by atoms with Crippen molar-refractivity contribution >= 4 is 44.4 Å². The summed E-state index contributed by atoms with van der Waals surface area (Å²) < 4.78 is 25.0. The molecule has 1 N–H and O–H groups in total. The van der Waals surface area contributed by atoms with Gasteiger partial charge in [0.15, 0.2) is 5.52 Å². The van der Waals surface area contributed by atoms with Gasteiger partial charge in [0.25, 0.3) is 5.56 Å². The molecule has 0 bridgehead atoms. The van der Waals surface area contributed by atoms with Crippen LogP contribution in [0.15, 0.2) is 47.7 Å². The molecule has 0 unspecified atom stereocenters. The summed E-state index contributed by atoms with van der Waals surface area (Å²) in [6.07, 6.45) is 4.38. The molecular formula is C17H11ClN6O. The first-order valence-electron chi connectivity index (χ1n) is 8.87. The number of fused-ring (bicyclic) bond motifs is 4. The van der Waals surface area contributed by atoms with E-state index < -0.39 is 12.5 Å². The van der Waals surface area contributed by atoms with Gasteiger partial charge >= 0.3 is 0 Å². The van der Waals surface area contributed by atoms with Crippen molar-refractivity contribution in [3.63, 3.8) is 0 Å². The van der Waals surface area contributed by atoms with E-state index in [1.54, 1.807) is 24.4 Å². The van der Waals surface area contributed by atoms with E-state index in [0.717, 1.165) is 15.6 Å². The molecule has 0 aliphatic rings. The molecule has 0 fully saturated rings. The van der Waals surface area contributed by atoms with E-state index in [1.165, 1.54) is 17.0 Å². The molecule has 122 valence electrons. The molecule has 0 aliphatic heterocycles. The Morgan fingerprint density at radius 3 is 3.04 bits per heavy atom. The first kappa shape index (κ1) is 11.4. The first-order chi connectivity index (χ1) is 13.3. The van der Waals surface area contributed by atoms with Crippen molar-refractivity contribution in [2.24, 2.45) is 6.98 Å². The van der Waals surface area contributed by atoms with Crippen molar-refractivity contribution in [3.8, 4) is 5.69 Å². The molecule has 7 nitrogen and oxygen atoms in total. The Balaban J connectivity index is 2.01. The van der Waals surface area contributed by atoms with Gasteiger partial charge in [-0.1, -0.05) is 17.7 Å². The number of H-pyrrole nitrogens is 1. The molecule has 4 aromatic heterocycles. The topological polar surface area (TPSA) is 81.4 Å². The van der Waals surface area contributed by atoms with Gasteiger partial charge in [0.1, 0.15) is 0 Å². The number of aryl methyl sites for hydroxylation is 1. The number of nitrogens with zero attached hydrogens (tertiary/aromatic N) is 5. The Morgan fingerprint density at radius 1 is 1.24 bits per heavy atom. The van der Waals surface area contributed by atoms with Crippen LogP contribution in [0.4, 0.5) is 0 Å². The van der Waals surface area contributed by atoms with E-state index in [-0.39, 0.29) is 5.52 Å². The Labute approximate surface area is 149 Å². The summed E-state index contributed by atoms with van der Waals surface area (Å²) in [7, 11) is 0. The summed E-state index contributed by atoms with van der Waals surface area (Å²) in [4.78, 5) is 17.7. The Kier molecular flexibility index (Phi) is 2.23. The molecule has 0 aliphatic carbocycles. The molecule has 5 rings (SSSR count). The van der Waals surface area contributed by atoms with Gasteiger partial charge in [-0.3, -0.25) is 24.1 Å². The summed E-state index contributed by atoms with van der Waals surface area (Å²) in [5.41, 5.74) is 1.73. The van der Waals surface area contributed by atoms with Crippen molar-refractivity contribution in [1.29, 1.82) is 0 Å². The van der Waals surface area contributed by atoms with Crippen LogP contribution in [0.25, 0.3) is 38.5 Å². The fourth-order valence-electron chi connectivity index (χ4n) is 3.11. The van der Waals surface area contributed by atoms with E-state index in [0.29, 0.717) is 27.1 Å². The van der Waals surface area contributed by atoms with E-state index in [1.807, 2.05) is 6.07 Å². The van der Waals surface area contributed by atoms with Crippen LogP contribution < -0.4 is 5.56 Å². The van der Waals surface area contributed by atoms with E-state index in [9.17, 15) is 4.79 Å². The molecule has 25 heavy (non-hydrogen) atoms. The molecule has 8 heteroatoms. The number of hydrogen-bond acceptors (Lipinski definition) is 4. The zero-order valence-electron chi connectivity index (χ0n) is 15.6. The highest BCUT2D eigenvalue weighted by Gasteiger charge is 2.18. The second kappa shape index (κ2) is 4.90. The van der Waals surface area contributed by atoms with Crippen LogP contribution in [0, 0.1) is 0 Å². The van der Waals surface area contributed by atoms with Gasteiger partial charge in [0, 0.05) is 28.9 Å². The van der Waals surface area contributed by atoms with Gasteiger partial charge < -0.3 is 0 Å². The maximum absolute atomic E-state index is 13.4. The van der Waals surface area contributed by atoms with Gasteiger partial charge in [-0.2, -0.15) is 10.2 Å². The molecule has 1 aromatic carbocycles. The standard InChI is InChI=1S/C17H11ClN6O/c1-23-8-11-15-14(5-9(18)6-19-15)24(17(25)16(11)22-23)13-4-2-3-12-10(13)7-20-21-12/h2-8H,1H3,(H,20,21)/i1D3. The third-order valence-electron chi connectivity index (χ3n) is 4.15. The lowest BCUT2D eigenvalue weighted by Crippen LogP contribution is -2.20. The number of rotatable bonds is 1. The van der Waals surface area contributed by atoms with E-state index in [2.05, 4.69) is 20.3 Å². The minimum Gasteiger partial charge on any atom is -0.278 e. The lowest BCUT2D eigenvalue weighted by atomic mass is 10.1. The summed E-state index contributed by atoms with van der Waals surface area (Å²) >= 11 is 6.15. The summed E-state index contributed by atoms with van der Waals surface area (Å²) in [6, 6.07) is 7.02. The maximum atomic E-state index is 13.4. The van der Waals surface area contributed by atoms with Crippen LogP contribution >= 0.6 is 11.6 Å². The van der Waals surface area contributed by atoms with Gasteiger partial charge in [-0.25, -0.2) is 0 Å². The molecule has 5 aromatic rings. The highest BCUT2D eigenvalue weighted by Crippen LogP contribution is 2.27. The van der Waals surface area contributed by atoms with Crippen LogP contribution in [-0.2, 0) is 6.98 Å². The van der Waals surface area contributed by atoms with Gasteiger partial charge in [-0.15, -0.1) is 0 Å². The van der Waals surface area contributed by atoms with Gasteiger partial charge in [-0.05, 0) is 18.2 Å². The highest BCUT2D eigenvalue weighted by atomic mass is 35.5. The third-order valence-corrected chi connectivity index (χ3v) is 4.36. The van der Waals surface area contributed by atoms with Gasteiger partial charge in [0.05, 0.1) is 38.8 Å². The minimum atomic E-state index is -2.51. The third kappa shape index (κ3) is 1.93. The Morgan fingerprint density at radius 2 is 2.16 bits per heavy atom. The fraction of sp³-hybridized carbons (Fsp3) is 0.0588. The van der Waals surface area contributed by atoms with Crippen LogP contribution in [0.2, 0.25) is 5.02 Å². The zero-order chi connectivity index (χ0) is 19.6. The second-order valence-electron chi connectivity index (χ2n) is 5.61. The largest absolute Gasteiger partial charge is 0.284 e. The summed E-state index contributed by atoms with van der Waals surface area (Å²) in [5.74, 6) is 0. The van der Waals surface area contributed by atoms with Crippen molar-refractivity contribution in [2.75, 3.05) is 0 Å². The molecule has 0 saturated heterocycles. The maximum Gasteiger partial charge on any atom is 0.284 e. The molecule has 0 spiro atoms. The van der Waals surface area contributed by atoms with Crippen molar-refractivity contribution in [1.82, 2.24) is 29.5 Å². The lowest BCUT2D eigenvalue weighted by Gasteiger charge is -2.11. The summed E-state index contributed by atoms with van der Waals surface area (Å²) in [6.45, 7) is -2.51. The smallest absolute Gasteiger partial charge is 0.278 e. The van der Waals surface area contributed by atoms with Gasteiger partial charge in [0.2, 0.25) is 0 Å². The Hall–Kier alpha value is -3.19. The number of aromatic nitrogens is 6. The number of halogens is 1. The predicted octanol–water partition coefficient (Wildman–Crippen LogP) is 2.80. The molecule has 0 radical (unpaired) electrons. The van der Waals surface area contributed by atoms with Crippen LogP contribution in [0.5, 0.6) is 0 Å². The fourth-order valence-corrected chi connectivity index (χ4v) is 3.27. The SMILES string of the molecule is [2H]C([2H])([2H])n1cc2c(n1)c(=O)n(-c1cccc3[nH]ncc13)c1cc(Cl)cnc21. The predicted molar refractivity (Wildman–Crippen MR) is 96.3 cm³/mol.